The van der Waals surface area contributed by atoms with Gasteiger partial charge in [-0.2, -0.15) is 0 Å². The van der Waals surface area contributed by atoms with Crippen LogP contribution in [0.1, 0.15) is 12.5 Å². The van der Waals surface area contributed by atoms with Crippen molar-refractivity contribution in [1.29, 1.82) is 0 Å². The molecule has 0 aliphatic heterocycles. The van der Waals surface area contributed by atoms with Gasteiger partial charge in [0.25, 0.3) is 0 Å². The molecule has 0 heterocycles. The molecule has 19 heavy (non-hydrogen) atoms. The summed E-state index contributed by atoms with van der Waals surface area (Å²) in [7, 11) is 3.34. The minimum absolute atomic E-state index is 0. The van der Waals surface area contributed by atoms with E-state index in [-0.39, 0.29) is 12.4 Å². The van der Waals surface area contributed by atoms with E-state index in [0.29, 0.717) is 13.2 Å². The van der Waals surface area contributed by atoms with Gasteiger partial charge >= 0.3 is 0 Å². The molecule has 0 atom stereocenters. The van der Waals surface area contributed by atoms with Crippen molar-refractivity contribution < 1.29 is 26.6 Å². The fourth-order valence-corrected chi connectivity index (χ4v) is 2.17. The van der Waals surface area contributed by atoms with Crippen LogP contribution in [-0.4, -0.2) is 34.0 Å². The zero-order valence-electron chi connectivity index (χ0n) is 11.5. The first-order valence-corrected chi connectivity index (χ1v) is 6.71. The topological polar surface area (TPSA) is 39.7 Å². The van der Waals surface area contributed by atoms with E-state index >= 15 is 0 Å². The molecule has 1 aromatic rings. The van der Waals surface area contributed by atoms with Gasteiger partial charge in [0.05, 0.1) is 24.8 Å². The minimum atomic E-state index is 0. The summed E-state index contributed by atoms with van der Waals surface area (Å²) in [4.78, 5) is 0. The maximum Gasteiger partial charge on any atom is 0.175 e. The molecule has 0 fully saturated rings. The van der Waals surface area contributed by atoms with Gasteiger partial charge < -0.3 is 31.9 Å². The summed E-state index contributed by atoms with van der Waals surface area (Å²) in [5.74, 6) is 1.50. The Morgan fingerprint density at radius 3 is 2.58 bits per heavy atom. The zero-order valence-corrected chi connectivity index (χ0v) is 13.8. The molecular formula is C13H20BrClNO3-. The summed E-state index contributed by atoms with van der Waals surface area (Å²) in [6.45, 7) is 4.86. The fraction of sp³-hybridized carbons (Fsp3) is 0.538. The molecule has 0 amide bonds. The second-order valence-electron chi connectivity index (χ2n) is 3.71. The third-order valence-corrected chi connectivity index (χ3v) is 2.98. The standard InChI is InChI=1S/C13H20BrNO3.ClH/c1-4-18-13-11(14)7-10(8-12(13)17-3)9-15-5-6-16-2;/h7-8,15H,4-6,9H2,1-3H3;1H/p-1. The number of halogens is 2. The molecule has 0 radical (unpaired) electrons. The normalized spacial score (nSPS) is 9.89. The van der Waals surface area contributed by atoms with Gasteiger partial charge in [0.15, 0.2) is 11.5 Å². The number of benzene rings is 1. The fourth-order valence-electron chi connectivity index (χ4n) is 1.57. The van der Waals surface area contributed by atoms with Crippen molar-refractivity contribution in [2.45, 2.75) is 13.5 Å². The summed E-state index contributed by atoms with van der Waals surface area (Å²) in [5.41, 5.74) is 1.14. The van der Waals surface area contributed by atoms with Gasteiger partial charge in [0.2, 0.25) is 0 Å². The Morgan fingerprint density at radius 1 is 1.26 bits per heavy atom. The largest absolute Gasteiger partial charge is 1.00 e. The monoisotopic (exact) mass is 352 g/mol. The van der Waals surface area contributed by atoms with E-state index in [1.54, 1.807) is 14.2 Å². The highest BCUT2D eigenvalue weighted by Gasteiger charge is 2.10. The summed E-state index contributed by atoms with van der Waals surface area (Å²) in [6, 6.07) is 4.02. The molecule has 4 nitrogen and oxygen atoms in total. The van der Waals surface area contributed by atoms with Crippen molar-refractivity contribution in [3.8, 4) is 11.5 Å². The maximum atomic E-state index is 5.54. The molecule has 1 rings (SSSR count). The van der Waals surface area contributed by atoms with Gasteiger partial charge in [-0.1, -0.05) is 0 Å². The molecule has 0 aromatic heterocycles. The molecule has 0 aliphatic rings. The summed E-state index contributed by atoms with van der Waals surface area (Å²) in [5, 5.41) is 3.29. The Hall–Kier alpha value is -0.490. The van der Waals surface area contributed by atoms with Crippen LogP contribution in [0, 0.1) is 0 Å². The lowest BCUT2D eigenvalue weighted by Gasteiger charge is -2.13. The number of ether oxygens (including phenoxy) is 3. The third kappa shape index (κ3) is 5.99. The lowest BCUT2D eigenvalue weighted by atomic mass is 10.2. The van der Waals surface area contributed by atoms with Crippen LogP contribution in [0.2, 0.25) is 0 Å². The Bertz CT molecular complexity index is 377. The molecule has 0 aliphatic carbocycles. The summed E-state index contributed by atoms with van der Waals surface area (Å²) >= 11 is 3.50. The molecule has 0 spiro atoms. The smallest absolute Gasteiger partial charge is 0.175 e. The number of hydrogen-bond donors (Lipinski definition) is 1. The molecular weight excluding hydrogens is 334 g/mol. The molecule has 6 heteroatoms. The van der Waals surface area contributed by atoms with Crippen LogP contribution in [0.25, 0.3) is 0 Å². The minimum Gasteiger partial charge on any atom is -1.00 e. The summed E-state index contributed by atoms with van der Waals surface area (Å²) in [6.07, 6.45) is 0. The van der Waals surface area contributed by atoms with E-state index < -0.39 is 0 Å². The van der Waals surface area contributed by atoms with Crippen molar-refractivity contribution in [3.63, 3.8) is 0 Å². The van der Waals surface area contributed by atoms with Crippen molar-refractivity contribution >= 4 is 15.9 Å². The van der Waals surface area contributed by atoms with Crippen LogP contribution in [0.15, 0.2) is 16.6 Å². The number of rotatable bonds is 8. The second-order valence-corrected chi connectivity index (χ2v) is 4.57. The quantitative estimate of drug-likeness (QED) is 0.646. The molecule has 110 valence electrons. The zero-order chi connectivity index (χ0) is 13.4. The SMILES string of the molecule is CCOc1c(Br)cc(CNCCOC)cc1OC.[Cl-]. The lowest BCUT2D eigenvalue weighted by Crippen LogP contribution is -3.00. The number of methoxy groups -OCH3 is 2. The van der Waals surface area contributed by atoms with Crippen LogP contribution in [0.5, 0.6) is 11.5 Å². The molecule has 1 aromatic carbocycles. The Kier molecular flexibility index (Phi) is 10.0. The van der Waals surface area contributed by atoms with E-state index in [1.807, 2.05) is 19.1 Å². The van der Waals surface area contributed by atoms with Crippen LogP contribution in [0.3, 0.4) is 0 Å². The second kappa shape index (κ2) is 10.3. The average molecular weight is 354 g/mol. The Morgan fingerprint density at radius 2 is 2.00 bits per heavy atom. The van der Waals surface area contributed by atoms with E-state index in [2.05, 4.69) is 21.2 Å². The van der Waals surface area contributed by atoms with Crippen LogP contribution >= 0.6 is 15.9 Å². The van der Waals surface area contributed by atoms with Gasteiger partial charge in [-0.25, -0.2) is 0 Å². The first kappa shape index (κ1) is 18.5. The highest BCUT2D eigenvalue weighted by molar-refractivity contribution is 9.10. The van der Waals surface area contributed by atoms with Crippen molar-refractivity contribution in [3.05, 3.63) is 22.2 Å². The third-order valence-electron chi connectivity index (χ3n) is 2.39. The van der Waals surface area contributed by atoms with Gasteiger partial charge in [-0.15, -0.1) is 0 Å². The van der Waals surface area contributed by atoms with Gasteiger partial charge in [-0.05, 0) is 40.5 Å². The molecule has 0 saturated heterocycles. The summed E-state index contributed by atoms with van der Waals surface area (Å²) < 4.78 is 16.8. The van der Waals surface area contributed by atoms with E-state index in [4.69, 9.17) is 14.2 Å². The predicted molar refractivity (Wildman–Crippen MR) is 75.4 cm³/mol. The highest BCUT2D eigenvalue weighted by Crippen LogP contribution is 2.36. The maximum absolute atomic E-state index is 5.54. The van der Waals surface area contributed by atoms with E-state index in [0.717, 1.165) is 34.6 Å². The van der Waals surface area contributed by atoms with Crippen molar-refractivity contribution in [1.82, 2.24) is 5.32 Å². The molecule has 1 N–H and O–H groups in total. The lowest BCUT2D eigenvalue weighted by molar-refractivity contribution is -0.00000477. The van der Waals surface area contributed by atoms with Gasteiger partial charge in [0, 0.05) is 20.2 Å². The van der Waals surface area contributed by atoms with Crippen molar-refractivity contribution in [2.24, 2.45) is 0 Å². The molecule has 0 saturated carbocycles. The Balaban J connectivity index is 0.00000324. The van der Waals surface area contributed by atoms with Crippen LogP contribution in [-0.2, 0) is 11.3 Å². The van der Waals surface area contributed by atoms with E-state index in [1.165, 1.54) is 0 Å². The van der Waals surface area contributed by atoms with Crippen LogP contribution in [0.4, 0.5) is 0 Å². The molecule has 0 unspecified atom stereocenters. The van der Waals surface area contributed by atoms with Crippen LogP contribution < -0.4 is 27.2 Å². The number of nitrogens with one attached hydrogen (secondary N) is 1. The predicted octanol–water partition coefficient (Wildman–Crippen LogP) is -0.404. The van der Waals surface area contributed by atoms with E-state index in [9.17, 15) is 0 Å². The number of hydrogen-bond acceptors (Lipinski definition) is 4. The van der Waals surface area contributed by atoms with Gasteiger partial charge in [-0.3, -0.25) is 0 Å². The Labute approximate surface area is 129 Å². The average Bonchev–Trinajstić information content (AvgIpc) is 2.37. The van der Waals surface area contributed by atoms with Crippen molar-refractivity contribution in [2.75, 3.05) is 34.0 Å². The highest BCUT2D eigenvalue weighted by atomic mass is 79.9. The van der Waals surface area contributed by atoms with Gasteiger partial charge in [0.1, 0.15) is 0 Å². The first-order valence-electron chi connectivity index (χ1n) is 5.91. The first-order chi connectivity index (χ1) is 8.72. The molecule has 0 bridgehead atoms.